The Labute approximate surface area is 264 Å². The predicted octanol–water partition coefficient (Wildman–Crippen LogP) is 1.93. The zero-order chi connectivity index (χ0) is 32.8. The van der Waals surface area contributed by atoms with E-state index < -0.39 is 25.0 Å². The zero-order valence-corrected chi connectivity index (χ0v) is 27.0. The molecule has 3 aromatic carbocycles. The van der Waals surface area contributed by atoms with Crippen LogP contribution in [-0.2, 0) is 26.6 Å². The maximum Gasteiger partial charge on any atom is 0.293 e. The molecule has 0 aliphatic carbocycles. The Morgan fingerprint density at radius 2 is 1.20 bits per heavy atom. The van der Waals surface area contributed by atoms with E-state index in [0.29, 0.717) is 62.9 Å². The maximum absolute atomic E-state index is 12.8. The van der Waals surface area contributed by atoms with Crippen molar-refractivity contribution in [3.8, 4) is 0 Å². The number of nitrogens with one attached hydrogen (secondary N) is 1. The Kier molecular flexibility index (Phi) is 11.0. The summed E-state index contributed by atoms with van der Waals surface area (Å²) in [6.45, 7) is 4.92. The number of hydrogen-bond donors (Lipinski definition) is 3. The van der Waals surface area contributed by atoms with E-state index in [1.165, 1.54) is 38.9 Å². The molecule has 2 heterocycles. The third-order valence-electron chi connectivity index (χ3n) is 7.75. The van der Waals surface area contributed by atoms with Crippen LogP contribution in [0.25, 0.3) is 0 Å². The number of nitrogens with two attached hydrogens (primary N) is 2. The molecule has 16 heteroatoms. The fourth-order valence-electron chi connectivity index (χ4n) is 4.83. The number of piperazine rings is 2. The third kappa shape index (κ3) is 8.47. The van der Waals surface area contributed by atoms with Crippen LogP contribution in [0.2, 0.25) is 0 Å². The van der Waals surface area contributed by atoms with Gasteiger partial charge in [0.05, 0.1) is 26.1 Å². The number of hydrogen-bond acceptors (Lipinski definition) is 11. The van der Waals surface area contributed by atoms with E-state index in [0.717, 1.165) is 24.7 Å². The minimum absolute atomic E-state index is 0.0518. The lowest BCUT2D eigenvalue weighted by Crippen LogP contribution is -2.47. The lowest BCUT2D eigenvalue weighted by Gasteiger charge is -2.31. The van der Waals surface area contributed by atoms with Gasteiger partial charge in [-0.2, -0.15) is 8.61 Å². The second kappa shape index (κ2) is 14.5. The smallest absolute Gasteiger partial charge is 0.293 e. The van der Waals surface area contributed by atoms with E-state index >= 15 is 0 Å². The van der Waals surface area contributed by atoms with Crippen molar-refractivity contribution in [2.45, 2.75) is 16.3 Å². The Morgan fingerprint density at radius 1 is 0.711 bits per heavy atom. The number of sulfonamides is 2. The van der Waals surface area contributed by atoms with E-state index in [2.05, 4.69) is 10.2 Å². The monoisotopic (exact) mass is 660 g/mol. The highest BCUT2D eigenvalue weighted by Gasteiger charge is 2.30. The number of anilines is 3. The summed E-state index contributed by atoms with van der Waals surface area (Å²) in [5, 5.41) is 14.5. The lowest BCUT2D eigenvalue weighted by molar-refractivity contribution is -0.384. The van der Waals surface area contributed by atoms with Gasteiger partial charge < -0.3 is 26.6 Å². The van der Waals surface area contributed by atoms with Gasteiger partial charge >= 0.3 is 0 Å². The van der Waals surface area contributed by atoms with Gasteiger partial charge in [-0.3, -0.25) is 10.1 Å². The summed E-state index contributed by atoms with van der Waals surface area (Å²) in [6.07, 6.45) is 0. The van der Waals surface area contributed by atoms with Gasteiger partial charge in [-0.05, 0) is 50.0 Å². The molecule has 244 valence electrons. The molecule has 0 bridgehead atoms. The number of rotatable bonds is 8. The van der Waals surface area contributed by atoms with Gasteiger partial charge in [0.1, 0.15) is 5.69 Å². The molecule has 0 saturated carbocycles. The Morgan fingerprint density at radius 3 is 1.69 bits per heavy atom. The number of nitrogen functional groups attached to an aromatic ring is 2. The molecule has 14 nitrogen and oxygen atoms in total. The van der Waals surface area contributed by atoms with Crippen molar-refractivity contribution in [1.29, 1.82) is 0 Å². The van der Waals surface area contributed by atoms with Crippen molar-refractivity contribution in [3.05, 3.63) is 82.4 Å². The first-order chi connectivity index (χ1) is 21.3. The predicted molar refractivity (Wildman–Crippen MR) is 175 cm³/mol. The first-order valence-corrected chi connectivity index (χ1v) is 17.3. The van der Waals surface area contributed by atoms with Gasteiger partial charge in [0.2, 0.25) is 20.0 Å². The van der Waals surface area contributed by atoms with Crippen molar-refractivity contribution in [3.63, 3.8) is 0 Å². The van der Waals surface area contributed by atoms with Crippen LogP contribution < -0.4 is 16.8 Å². The second-order valence-corrected chi connectivity index (χ2v) is 14.9. The van der Waals surface area contributed by atoms with Crippen LogP contribution in [0.15, 0.2) is 76.5 Å². The van der Waals surface area contributed by atoms with Gasteiger partial charge in [0, 0.05) is 65.0 Å². The second-order valence-electron chi connectivity index (χ2n) is 11.0. The SMILES string of the molecule is CN1CCN(S(=O)(=O)c2ccc(N)c(N)c2)CC1.CN1CCN(S(=O)(=O)c2ccc(NCc3ccccc3)c([N+](=O)[O-])c2)CC1. The molecule has 0 aromatic heterocycles. The fourth-order valence-corrected chi connectivity index (χ4v) is 7.73. The van der Waals surface area contributed by atoms with E-state index in [1.807, 2.05) is 49.3 Å². The van der Waals surface area contributed by atoms with Crippen LogP contribution in [0.1, 0.15) is 5.56 Å². The maximum atomic E-state index is 12.8. The lowest BCUT2D eigenvalue weighted by atomic mass is 10.2. The largest absolute Gasteiger partial charge is 0.397 e. The van der Waals surface area contributed by atoms with Crippen LogP contribution in [0.5, 0.6) is 0 Å². The Hall–Kier alpha value is -3.80. The Balaban J connectivity index is 0.000000222. The molecule has 45 heavy (non-hydrogen) atoms. The van der Waals surface area contributed by atoms with Crippen LogP contribution in [0.3, 0.4) is 0 Å². The number of nitrogens with zero attached hydrogens (tertiary/aromatic N) is 5. The highest BCUT2D eigenvalue weighted by molar-refractivity contribution is 7.89. The summed E-state index contributed by atoms with van der Waals surface area (Å²) < 4.78 is 53.2. The Bertz CT molecular complexity index is 1690. The summed E-state index contributed by atoms with van der Waals surface area (Å²) in [5.41, 5.74) is 13.0. The van der Waals surface area contributed by atoms with Crippen molar-refractivity contribution in [2.75, 3.05) is 83.2 Å². The molecule has 2 fully saturated rings. The number of benzene rings is 3. The van der Waals surface area contributed by atoms with E-state index in [-0.39, 0.29) is 15.5 Å². The minimum Gasteiger partial charge on any atom is -0.397 e. The van der Waals surface area contributed by atoms with Gasteiger partial charge in [-0.25, -0.2) is 16.8 Å². The molecule has 0 atom stereocenters. The average molecular weight is 661 g/mol. The van der Waals surface area contributed by atoms with Gasteiger partial charge in [0.25, 0.3) is 5.69 Å². The molecule has 0 unspecified atom stereocenters. The van der Waals surface area contributed by atoms with Crippen LogP contribution in [-0.4, -0.2) is 107 Å². The average Bonchev–Trinajstić information content (AvgIpc) is 3.02. The summed E-state index contributed by atoms with van der Waals surface area (Å²) in [7, 11) is -3.29. The molecule has 2 saturated heterocycles. The van der Waals surface area contributed by atoms with Crippen LogP contribution >= 0.6 is 0 Å². The van der Waals surface area contributed by atoms with Gasteiger partial charge in [0.15, 0.2) is 0 Å². The topological polar surface area (TPSA) is 188 Å². The molecular formula is C29H40N8O6S2. The molecular weight excluding hydrogens is 621 g/mol. The third-order valence-corrected chi connectivity index (χ3v) is 11.5. The van der Waals surface area contributed by atoms with E-state index in [4.69, 9.17) is 11.5 Å². The highest BCUT2D eigenvalue weighted by Crippen LogP contribution is 2.30. The van der Waals surface area contributed by atoms with Crippen molar-refractivity contribution < 1.29 is 21.8 Å². The first kappa shape index (κ1) is 34.1. The van der Waals surface area contributed by atoms with E-state index in [9.17, 15) is 26.9 Å². The normalized spacial score (nSPS) is 17.3. The molecule has 5 N–H and O–H groups in total. The molecule has 3 aromatic rings. The highest BCUT2D eigenvalue weighted by atomic mass is 32.2. The summed E-state index contributed by atoms with van der Waals surface area (Å²) in [6, 6.07) is 18.0. The number of likely N-dealkylation sites (N-methyl/N-ethyl adjacent to an activating group) is 2. The quantitative estimate of drug-likeness (QED) is 0.182. The summed E-state index contributed by atoms with van der Waals surface area (Å²) in [5.74, 6) is 0. The van der Waals surface area contributed by atoms with Gasteiger partial charge in [-0.15, -0.1) is 0 Å². The zero-order valence-electron chi connectivity index (χ0n) is 25.4. The standard InChI is InChI=1S/C18H22N4O4S.C11H18N4O2S/c1-20-9-11-21(12-10-20)27(25,26)16-7-8-17(18(13-16)22(23)24)19-14-15-5-3-2-4-6-15;1-14-4-6-15(7-5-14)18(16,17)9-2-3-10(12)11(13)8-9/h2-8,13,19H,9-12,14H2,1H3;2-3,8H,4-7,12-13H2,1H3. The fraction of sp³-hybridized carbons (Fsp3) is 0.379. The van der Waals surface area contributed by atoms with Crippen molar-refractivity contribution in [2.24, 2.45) is 0 Å². The van der Waals surface area contributed by atoms with Crippen molar-refractivity contribution in [1.82, 2.24) is 18.4 Å². The summed E-state index contributed by atoms with van der Waals surface area (Å²) in [4.78, 5) is 15.2. The van der Waals surface area contributed by atoms with Crippen LogP contribution in [0, 0.1) is 10.1 Å². The van der Waals surface area contributed by atoms with Gasteiger partial charge in [-0.1, -0.05) is 30.3 Å². The van der Waals surface area contributed by atoms with Crippen molar-refractivity contribution >= 4 is 42.8 Å². The van der Waals surface area contributed by atoms with Crippen LogP contribution in [0.4, 0.5) is 22.7 Å². The number of nitro groups is 1. The first-order valence-electron chi connectivity index (χ1n) is 14.4. The molecule has 2 aliphatic rings. The number of nitro benzene ring substituents is 1. The van der Waals surface area contributed by atoms with E-state index in [1.54, 1.807) is 0 Å². The molecule has 5 rings (SSSR count). The summed E-state index contributed by atoms with van der Waals surface area (Å²) >= 11 is 0. The molecule has 2 aliphatic heterocycles. The minimum atomic E-state index is -3.75. The molecule has 0 spiro atoms. The molecule has 0 radical (unpaired) electrons. The molecule has 0 amide bonds.